The van der Waals surface area contributed by atoms with Gasteiger partial charge in [0.1, 0.15) is 5.82 Å². The normalized spacial score (nSPS) is 11.2. The second-order valence-electron chi connectivity index (χ2n) is 3.27. The molecule has 0 spiro atoms. The van der Waals surface area contributed by atoms with E-state index in [1.807, 2.05) is 0 Å². The number of esters is 1. The summed E-state index contributed by atoms with van der Waals surface area (Å²) in [6, 6.07) is 1.32. The third-order valence-corrected chi connectivity index (χ3v) is 2.77. The molecule has 0 saturated carbocycles. The smallest absolute Gasteiger partial charge is 0.382 e. The summed E-state index contributed by atoms with van der Waals surface area (Å²) in [6.07, 6.45) is 0.305. The van der Waals surface area contributed by atoms with Crippen molar-refractivity contribution in [3.05, 3.63) is 33.5 Å². The van der Waals surface area contributed by atoms with Crippen LogP contribution in [0.4, 0.5) is 13.2 Å². The quantitative estimate of drug-likeness (QED) is 0.631. The van der Waals surface area contributed by atoms with Gasteiger partial charge in [-0.3, -0.25) is 4.79 Å². The molecule has 0 radical (unpaired) electrons. The largest absolute Gasteiger partial charge is 0.461 e. The van der Waals surface area contributed by atoms with Crippen LogP contribution in [0.5, 0.6) is 0 Å². The number of carbonyl (C=O) groups is 2. The van der Waals surface area contributed by atoms with Gasteiger partial charge in [0.15, 0.2) is 6.29 Å². The van der Waals surface area contributed by atoms with E-state index in [0.717, 1.165) is 0 Å². The van der Waals surface area contributed by atoms with E-state index in [1.54, 1.807) is 0 Å². The monoisotopic (exact) mass is 324 g/mol. The highest BCUT2D eigenvalue weighted by atomic mass is 79.9. The van der Waals surface area contributed by atoms with Gasteiger partial charge >= 0.3 is 11.9 Å². The molecule has 0 atom stereocenters. The van der Waals surface area contributed by atoms with Crippen LogP contribution in [0.2, 0.25) is 0 Å². The summed E-state index contributed by atoms with van der Waals surface area (Å²) in [7, 11) is 0. The summed E-state index contributed by atoms with van der Waals surface area (Å²) in [6.45, 7) is 1.11. The molecule has 0 aromatic heterocycles. The van der Waals surface area contributed by atoms with Gasteiger partial charge in [0, 0.05) is 10.0 Å². The van der Waals surface area contributed by atoms with Gasteiger partial charge in [0.25, 0.3) is 0 Å². The van der Waals surface area contributed by atoms with Gasteiger partial charge in [-0.2, -0.15) is 8.78 Å². The Balaban J connectivity index is 3.28. The zero-order chi connectivity index (χ0) is 13.9. The summed E-state index contributed by atoms with van der Waals surface area (Å²) in [4.78, 5) is 21.6. The van der Waals surface area contributed by atoms with Crippen molar-refractivity contribution in [3.8, 4) is 0 Å². The van der Waals surface area contributed by atoms with Crippen molar-refractivity contribution in [3.63, 3.8) is 0 Å². The summed E-state index contributed by atoms with van der Waals surface area (Å²) in [5.74, 6) is -7.29. The van der Waals surface area contributed by atoms with Gasteiger partial charge in [0.05, 0.1) is 12.2 Å². The molecule has 18 heavy (non-hydrogen) atoms. The highest BCUT2D eigenvalue weighted by Gasteiger charge is 2.45. The first-order valence-corrected chi connectivity index (χ1v) is 5.63. The molecule has 0 bridgehead atoms. The summed E-state index contributed by atoms with van der Waals surface area (Å²) < 4.78 is 44.8. The maximum Gasteiger partial charge on any atom is 0.382 e. The van der Waals surface area contributed by atoms with Crippen molar-refractivity contribution < 1.29 is 27.5 Å². The highest BCUT2D eigenvalue weighted by Crippen LogP contribution is 2.34. The van der Waals surface area contributed by atoms with Crippen molar-refractivity contribution in [1.29, 1.82) is 0 Å². The molecule has 0 aliphatic heterocycles. The second-order valence-corrected chi connectivity index (χ2v) is 4.12. The predicted molar refractivity (Wildman–Crippen MR) is 60.0 cm³/mol. The Morgan fingerprint density at radius 1 is 1.50 bits per heavy atom. The number of aldehydes is 1. The number of rotatable bonds is 4. The van der Waals surface area contributed by atoms with Gasteiger partial charge in [-0.15, -0.1) is 0 Å². The summed E-state index contributed by atoms with van der Waals surface area (Å²) in [5.41, 5.74) is -1.27. The van der Waals surface area contributed by atoms with Crippen molar-refractivity contribution in [2.24, 2.45) is 0 Å². The maximum absolute atomic E-state index is 13.6. The zero-order valence-corrected chi connectivity index (χ0v) is 10.8. The van der Waals surface area contributed by atoms with Gasteiger partial charge in [-0.1, -0.05) is 15.9 Å². The lowest BCUT2D eigenvalue weighted by Crippen LogP contribution is -2.29. The van der Waals surface area contributed by atoms with E-state index >= 15 is 0 Å². The average molecular weight is 325 g/mol. The van der Waals surface area contributed by atoms with E-state index in [9.17, 15) is 22.8 Å². The molecule has 0 heterocycles. The van der Waals surface area contributed by atoms with E-state index in [4.69, 9.17) is 0 Å². The predicted octanol–water partition coefficient (Wildman–Crippen LogP) is 3.06. The molecule has 7 heteroatoms. The van der Waals surface area contributed by atoms with Crippen LogP contribution in [0.3, 0.4) is 0 Å². The first kappa shape index (κ1) is 14.7. The van der Waals surface area contributed by atoms with E-state index < -0.39 is 23.3 Å². The third kappa shape index (κ3) is 2.72. The van der Waals surface area contributed by atoms with Crippen LogP contribution in [0, 0.1) is 5.82 Å². The van der Waals surface area contributed by atoms with Crippen molar-refractivity contribution in [2.45, 2.75) is 12.8 Å². The summed E-state index contributed by atoms with van der Waals surface area (Å²) >= 11 is 2.84. The first-order valence-electron chi connectivity index (χ1n) is 4.84. The first-order chi connectivity index (χ1) is 8.34. The minimum atomic E-state index is -4.11. The third-order valence-electron chi connectivity index (χ3n) is 2.08. The number of carbonyl (C=O) groups excluding carboxylic acids is 2. The van der Waals surface area contributed by atoms with Crippen molar-refractivity contribution >= 4 is 28.2 Å². The van der Waals surface area contributed by atoms with Crippen LogP contribution in [-0.2, 0) is 15.5 Å². The van der Waals surface area contributed by atoms with E-state index in [0.29, 0.717) is 18.4 Å². The van der Waals surface area contributed by atoms with Crippen LogP contribution in [0.25, 0.3) is 0 Å². The van der Waals surface area contributed by atoms with E-state index in [1.165, 1.54) is 6.92 Å². The molecule has 0 fully saturated rings. The van der Waals surface area contributed by atoms with Gasteiger partial charge in [-0.05, 0) is 19.1 Å². The molecule has 1 rings (SSSR count). The number of benzene rings is 1. The van der Waals surface area contributed by atoms with Gasteiger partial charge in [0.2, 0.25) is 0 Å². The number of alkyl halides is 2. The van der Waals surface area contributed by atoms with Crippen LogP contribution >= 0.6 is 15.9 Å². The Morgan fingerprint density at radius 2 is 2.11 bits per heavy atom. The van der Waals surface area contributed by atoms with E-state index in [-0.39, 0.29) is 16.6 Å². The molecule has 3 nitrogen and oxygen atoms in total. The average Bonchev–Trinajstić information content (AvgIpc) is 2.31. The fourth-order valence-corrected chi connectivity index (χ4v) is 1.66. The lowest BCUT2D eigenvalue weighted by molar-refractivity contribution is -0.173. The standard InChI is InChI=1S/C11H8BrF3O3/c1-2-18-10(17)11(14,15)7-4-8(12)6(5-16)3-9(7)13/h3-5H,2H2,1H3. The molecule has 1 aromatic carbocycles. The number of ether oxygens (including phenoxy) is 1. The Kier molecular flexibility index (Phi) is 4.50. The van der Waals surface area contributed by atoms with Crippen molar-refractivity contribution in [2.75, 3.05) is 6.61 Å². The van der Waals surface area contributed by atoms with Gasteiger partial charge in [-0.25, -0.2) is 9.18 Å². The molecule has 0 N–H and O–H groups in total. The molecule has 0 saturated heterocycles. The van der Waals surface area contributed by atoms with Crippen LogP contribution in [0.15, 0.2) is 16.6 Å². The molecular formula is C11H8BrF3O3. The second kappa shape index (κ2) is 5.51. The van der Waals surface area contributed by atoms with E-state index in [2.05, 4.69) is 20.7 Å². The Morgan fingerprint density at radius 3 is 2.61 bits per heavy atom. The zero-order valence-electron chi connectivity index (χ0n) is 9.18. The Labute approximate surface area is 109 Å². The molecule has 0 unspecified atom stereocenters. The molecule has 0 amide bonds. The van der Waals surface area contributed by atoms with Crippen molar-refractivity contribution in [1.82, 2.24) is 0 Å². The molecule has 1 aromatic rings. The minimum absolute atomic E-state index is 0.0297. The number of hydrogen-bond donors (Lipinski definition) is 0. The fourth-order valence-electron chi connectivity index (χ4n) is 1.22. The molecule has 0 aliphatic rings. The number of halogens is 4. The fraction of sp³-hybridized carbons (Fsp3) is 0.273. The SMILES string of the molecule is CCOC(=O)C(F)(F)c1cc(Br)c(C=O)cc1F. The van der Waals surface area contributed by atoms with Crippen LogP contribution in [-0.4, -0.2) is 18.9 Å². The molecule has 0 aliphatic carbocycles. The lowest BCUT2D eigenvalue weighted by Gasteiger charge is -2.16. The Hall–Kier alpha value is -1.37. The Bertz CT molecular complexity index is 489. The van der Waals surface area contributed by atoms with Crippen LogP contribution < -0.4 is 0 Å². The minimum Gasteiger partial charge on any atom is -0.461 e. The number of hydrogen-bond acceptors (Lipinski definition) is 3. The molecular weight excluding hydrogens is 317 g/mol. The maximum atomic E-state index is 13.6. The van der Waals surface area contributed by atoms with Crippen LogP contribution in [0.1, 0.15) is 22.8 Å². The highest BCUT2D eigenvalue weighted by molar-refractivity contribution is 9.10. The summed E-state index contributed by atoms with van der Waals surface area (Å²) in [5, 5.41) is 0. The topological polar surface area (TPSA) is 43.4 Å². The molecule has 98 valence electrons. The lowest BCUT2D eigenvalue weighted by atomic mass is 10.1. The van der Waals surface area contributed by atoms with Gasteiger partial charge < -0.3 is 4.74 Å².